The summed E-state index contributed by atoms with van der Waals surface area (Å²) in [6, 6.07) is 5.67. The van der Waals surface area contributed by atoms with Gasteiger partial charge in [-0.15, -0.1) is 0 Å². The fourth-order valence-electron chi connectivity index (χ4n) is 1.41. The van der Waals surface area contributed by atoms with E-state index in [1.807, 2.05) is 18.2 Å². The number of hydrogen-bond acceptors (Lipinski definition) is 1. The lowest BCUT2D eigenvalue weighted by atomic mass is 10.2. The molecule has 1 aromatic heterocycles. The van der Waals surface area contributed by atoms with Crippen LogP contribution in [0, 0.1) is 0 Å². The zero-order chi connectivity index (χ0) is 10.3. The van der Waals surface area contributed by atoms with Gasteiger partial charge in [-0.05, 0) is 12.1 Å². The number of aromatic nitrogens is 1. The van der Waals surface area contributed by atoms with Crippen LogP contribution in [0.4, 0.5) is 0 Å². The Morgan fingerprint density at radius 2 is 2.21 bits per heavy atom. The van der Waals surface area contributed by atoms with Gasteiger partial charge in [-0.3, -0.25) is 4.79 Å². The number of carbonyl (C=O) groups is 1. The van der Waals surface area contributed by atoms with Gasteiger partial charge in [0.25, 0.3) is 0 Å². The minimum Gasteiger partial charge on any atom is -0.351 e. The number of halogens is 2. The third-order valence-electron chi connectivity index (χ3n) is 2.06. The number of rotatable bonds is 1. The minimum atomic E-state index is -0.0573. The number of carbonyl (C=O) groups excluding carboxylic acids is 1. The van der Waals surface area contributed by atoms with E-state index in [0.29, 0.717) is 10.7 Å². The Labute approximate surface area is 94.4 Å². The van der Waals surface area contributed by atoms with E-state index in [-0.39, 0.29) is 5.78 Å². The van der Waals surface area contributed by atoms with Gasteiger partial charge in [-0.25, -0.2) is 0 Å². The minimum absolute atomic E-state index is 0.0573. The normalized spacial score (nSPS) is 10.8. The number of ketones is 1. The van der Waals surface area contributed by atoms with Crippen molar-refractivity contribution in [1.82, 2.24) is 4.98 Å². The fourth-order valence-corrected chi connectivity index (χ4v) is 2.47. The number of fused-ring (bicyclic) bond motifs is 1. The summed E-state index contributed by atoms with van der Waals surface area (Å²) in [6.07, 6.45) is 0. The van der Waals surface area contributed by atoms with E-state index < -0.39 is 0 Å². The van der Waals surface area contributed by atoms with E-state index in [0.717, 1.165) is 15.4 Å². The van der Waals surface area contributed by atoms with Crippen LogP contribution >= 0.6 is 27.5 Å². The maximum atomic E-state index is 11.2. The Balaban J connectivity index is 2.87. The van der Waals surface area contributed by atoms with Gasteiger partial charge in [0.1, 0.15) is 5.69 Å². The zero-order valence-electron chi connectivity index (χ0n) is 7.40. The van der Waals surface area contributed by atoms with Crippen LogP contribution in [-0.4, -0.2) is 10.8 Å². The third-order valence-corrected chi connectivity index (χ3v) is 3.10. The predicted molar refractivity (Wildman–Crippen MR) is 61.0 cm³/mol. The van der Waals surface area contributed by atoms with E-state index in [2.05, 4.69) is 20.9 Å². The van der Waals surface area contributed by atoms with Crippen LogP contribution in [0.1, 0.15) is 17.4 Å². The second-order valence-electron chi connectivity index (χ2n) is 3.03. The predicted octanol–water partition coefficient (Wildman–Crippen LogP) is 3.79. The number of Topliss-reactive ketones (excluding diaryl/α,β-unsaturated/α-hetero) is 1. The van der Waals surface area contributed by atoms with E-state index >= 15 is 0 Å². The van der Waals surface area contributed by atoms with Gasteiger partial charge in [-0.2, -0.15) is 0 Å². The van der Waals surface area contributed by atoms with Gasteiger partial charge in [0.15, 0.2) is 5.78 Å². The highest BCUT2D eigenvalue weighted by Gasteiger charge is 2.14. The largest absolute Gasteiger partial charge is 0.351 e. The number of nitrogens with one attached hydrogen (secondary N) is 1. The summed E-state index contributed by atoms with van der Waals surface area (Å²) in [6.45, 7) is 1.49. The Morgan fingerprint density at radius 3 is 2.79 bits per heavy atom. The van der Waals surface area contributed by atoms with Crippen molar-refractivity contribution in [2.75, 3.05) is 0 Å². The number of H-pyrrole nitrogens is 1. The molecule has 1 N–H and O–H groups in total. The van der Waals surface area contributed by atoms with Crippen molar-refractivity contribution in [3.63, 3.8) is 0 Å². The molecule has 2 aromatic rings. The van der Waals surface area contributed by atoms with Crippen LogP contribution in [0.2, 0.25) is 5.02 Å². The van der Waals surface area contributed by atoms with E-state index in [1.54, 1.807) is 0 Å². The van der Waals surface area contributed by atoms with E-state index in [4.69, 9.17) is 11.6 Å². The molecule has 0 atom stereocenters. The molecule has 72 valence electrons. The standard InChI is InChI=1S/C10H7BrClNO/c1-5(14)10-9(12)8-6(11)3-2-4-7(8)13-10/h2-4,13H,1H3. The van der Waals surface area contributed by atoms with Crippen molar-refractivity contribution in [3.8, 4) is 0 Å². The second-order valence-corrected chi connectivity index (χ2v) is 4.26. The molecule has 0 aliphatic heterocycles. The first-order valence-corrected chi connectivity index (χ1v) is 5.25. The first-order valence-electron chi connectivity index (χ1n) is 4.08. The lowest BCUT2D eigenvalue weighted by Crippen LogP contribution is -1.91. The molecule has 0 spiro atoms. The summed E-state index contributed by atoms with van der Waals surface area (Å²) < 4.78 is 0.892. The molecule has 0 saturated heterocycles. The summed E-state index contributed by atoms with van der Waals surface area (Å²) >= 11 is 9.47. The molecule has 1 aromatic carbocycles. The maximum Gasteiger partial charge on any atom is 0.177 e. The molecule has 0 aliphatic rings. The van der Waals surface area contributed by atoms with Crippen LogP contribution in [-0.2, 0) is 0 Å². The van der Waals surface area contributed by atoms with E-state index in [1.165, 1.54) is 6.92 Å². The topological polar surface area (TPSA) is 32.9 Å². The number of aromatic amines is 1. The van der Waals surface area contributed by atoms with Gasteiger partial charge in [-0.1, -0.05) is 33.6 Å². The summed E-state index contributed by atoms with van der Waals surface area (Å²) in [5.74, 6) is -0.0573. The molecule has 0 radical (unpaired) electrons. The molecule has 0 amide bonds. The molecule has 4 heteroatoms. The molecular formula is C10H7BrClNO. The van der Waals surface area contributed by atoms with Crippen LogP contribution in [0.15, 0.2) is 22.7 Å². The SMILES string of the molecule is CC(=O)c1[nH]c2cccc(Br)c2c1Cl. The first kappa shape index (κ1) is 9.74. The average molecular weight is 273 g/mol. The summed E-state index contributed by atoms with van der Waals surface area (Å²) in [5.41, 5.74) is 1.34. The summed E-state index contributed by atoms with van der Waals surface area (Å²) in [4.78, 5) is 14.2. The lowest BCUT2D eigenvalue weighted by Gasteiger charge is -1.93. The highest BCUT2D eigenvalue weighted by Crippen LogP contribution is 2.33. The highest BCUT2D eigenvalue weighted by molar-refractivity contribution is 9.10. The van der Waals surface area contributed by atoms with Crippen LogP contribution in [0.3, 0.4) is 0 Å². The average Bonchev–Trinajstić information content (AvgIpc) is 2.45. The van der Waals surface area contributed by atoms with Crippen molar-refractivity contribution >= 4 is 44.2 Å². The van der Waals surface area contributed by atoms with Gasteiger partial charge < -0.3 is 4.98 Å². The van der Waals surface area contributed by atoms with Gasteiger partial charge in [0.2, 0.25) is 0 Å². The smallest absolute Gasteiger partial charge is 0.177 e. The Morgan fingerprint density at radius 1 is 1.50 bits per heavy atom. The summed E-state index contributed by atoms with van der Waals surface area (Å²) in [7, 11) is 0. The van der Waals surface area contributed by atoms with Crippen molar-refractivity contribution < 1.29 is 4.79 Å². The number of benzene rings is 1. The number of hydrogen-bond donors (Lipinski definition) is 1. The van der Waals surface area contributed by atoms with Crippen LogP contribution in [0.5, 0.6) is 0 Å². The quantitative estimate of drug-likeness (QED) is 0.787. The molecule has 2 rings (SSSR count). The van der Waals surface area contributed by atoms with Crippen molar-refractivity contribution in [2.45, 2.75) is 6.92 Å². The maximum absolute atomic E-state index is 11.2. The Bertz CT molecular complexity index is 518. The van der Waals surface area contributed by atoms with Crippen molar-refractivity contribution in [1.29, 1.82) is 0 Å². The summed E-state index contributed by atoms with van der Waals surface area (Å²) in [5, 5.41) is 1.35. The zero-order valence-corrected chi connectivity index (χ0v) is 9.74. The molecule has 1 heterocycles. The monoisotopic (exact) mass is 271 g/mol. The molecule has 0 unspecified atom stereocenters. The van der Waals surface area contributed by atoms with Gasteiger partial charge in [0, 0.05) is 22.3 Å². The Hall–Kier alpha value is -0.800. The molecule has 0 fully saturated rings. The molecule has 14 heavy (non-hydrogen) atoms. The fraction of sp³-hybridized carbons (Fsp3) is 0.100. The Kier molecular flexibility index (Phi) is 2.37. The third kappa shape index (κ3) is 1.37. The van der Waals surface area contributed by atoms with Crippen molar-refractivity contribution in [3.05, 3.63) is 33.4 Å². The lowest BCUT2D eigenvalue weighted by molar-refractivity contribution is 0.101. The van der Waals surface area contributed by atoms with Gasteiger partial charge >= 0.3 is 0 Å². The van der Waals surface area contributed by atoms with Crippen LogP contribution < -0.4 is 0 Å². The second kappa shape index (κ2) is 3.41. The molecule has 0 bridgehead atoms. The highest BCUT2D eigenvalue weighted by atomic mass is 79.9. The van der Waals surface area contributed by atoms with Crippen molar-refractivity contribution in [2.24, 2.45) is 0 Å². The van der Waals surface area contributed by atoms with Crippen LogP contribution in [0.25, 0.3) is 10.9 Å². The van der Waals surface area contributed by atoms with E-state index in [9.17, 15) is 4.79 Å². The molecule has 0 aliphatic carbocycles. The van der Waals surface area contributed by atoms with Gasteiger partial charge in [0.05, 0.1) is 5.02 Å². The molecule has 2 nitrogen and oxygen atoms in total. The first-order chi connectivity index (χ1) is 6.61. The molecular weight excluding hydrogens is 265 g/mol. The molecule has 0 saturated carbocycles.